The number of thioether (sulfide) groups is 1. The largest absolute Gasteiger partial charge is 0.482 e. The molecule has 7 heteroatoms. The molecule has 0 saturated carbocycles. The van der Waals surface area contributed by atoms with Crippen LogP contribution in [-0.4, -0.2) is 26.3 Å². The smallest absolute Gasteiger partial charge is 0.192 e. The minimum absolute atomic E-state index is 0.0625. The third kappa shape index (κ3) is 5.77. The second-order valence-electron chi connectivity index (χ2n) is 7.98. The van der Waals surface area contributed by atoms with Gasteiger partial charge in [0.15, 0.2) is 22.9 Å². The van der Waals surface area contributed by atoms with Crippen molar-refractivity contribution in [1.29, 1.82) is 0 Å². The zero-order valence-electron chi connectivity index (χ0n) is 18.5. The van der Waals surface area contributed by atoms with Crippen molar-refractivity contribution < 1.29 is 9.53 Å². The number of carbonyl (C=O) groups excluding carboxylic acids is 1. The Morgan fingerprint density at radius 2 is 1.71 bits per heavy atom. The van der Waals surface area contributed by atoms with E-state index in [4.69, 9.17) is 4.74 Å². The molecule has 0 amide bonds. The summed E-state index contributed by atoms with van der Waals surface area (Å²) in [7, 11) is 0. The van der Waals surface area contributed by atoms with Crippen LogP contribution in [0.1, 0.15) is 74.4 Å². The van der Waals surface area contributed by atoms with Gasteiger partial charge in [0.25, 0.3) is 0 Å². The quantitative estimate of drug-likeness (QED) is 0.236. The number of ether oxygens (including phenoxy) is 1. The monoisotopic (exact) mass is 501 g/mol. The summed E-state index contributed by atoms with van der Waals surface area (Å²) in [5, 5.41) is 9.52. The normalized spacial score (nSPS) is 12.4. The number of carbonyl (C=O) groups is 1. The molecular weight excluding hydrogens is 474 g/mol. The van der Waals surface area contributed by atoms with E-state index >= 15 is 0 Å². The Hall–Kier alpha value is -2.12. The Morgan fingerprint density at radius 1 is 1.03 bits per heavy atom. The zero-order valence-corrected chi connectivity index (χ0v) is 20.9. The molecular formula is C24H28BrN3O2S. The van der Waals surface area contributed by atoms with Crippen molar-refractivity contribution in [3.63, 3.8) is 0 Å². The SMILES string of the molecule is CC(C)c1ccccc1OC(C)c1nnc(SCC(=O)c2ccc(Br)cc2)n1C(C)C. The molecule has 3 rings (SSSR count). The lowest BCUT2D eigenvalue weighted by Gasteiger charge is -2.21. The van der Waals surface area contributed by atoms with Gasteiger partial charge in [0, 0.05) is 16.1 Å². The number of nitrogens with zero attached hydrogens (tertiary/aromatic N) is 3. The van der Waals surface area contributed by atoms with Crippen molar-refractivity contribution in [1.82, 2.24) is 14.8 Å². The molecule has 31 heavy (non-hydrogen) atoms. The Morgan fingerprint density at radius 3 is 2.35 bits per heavy atom. The fraction of sp³-hybridized carbons (Fsp3) is 0.375. The molecule has 0 N–H and O–H groups in total. The predicted molar refractivity (Wildman–Crippen MR) is 129 cm³/mol. The van der Waals surface area contributed by atoms with E-state index in [-0.39, 0.29) is 17.9 Å². The minimum Gasteiger partial charge on any atom is -0.482 e. The number of halogens is 1. The topological polar surface area (TPSA) is 57.0 Å². The van der Waals surface area contributed by atoms with Crippen LogP contribution >= 0.6 is 27.7 Å². The Bertz CT molecular complexity index is 1030. The van der Waals surface area contributed by atoms with Crippen LogP contribution in [0.2, 0.25) is 0 Å². The van der Waals surface area contributed by atoms with Gasteiger partial charge in [-0.1, -0.05) is 71.9 Å². The number of aromatic nitrogens is 3. The number of hydrogen-bond donors (Lipinski definition) is 0. The molecule has 0 aliphatic carbocycles. The molecule has 164 valence electrons. The minimum atomic E-state index is -0.272. The molecule has 0 aliphatic rings. The number of benzene rings is 2. The first-order valence-electron chi connectivity index (χ1n) is 10.4. The van der Waals surface area contributed by atoms with Crippen LogP contribution in [0.5, 0.6) is 5.75 Å². The maximum atomic E-state index is 12.6. The van der Waals surface area contributed by atoms with Crippen molar-refractivity contribution in [3.05, 3.63) is 70.0 Å². The molecule has 1 atom stereocenters. The van der Waals surface area contributed by atoms with Gasteiger partial charge in [-0.15, -0.1) is 10.2 Å². The molecule has 0 spiro atoms. The molecule has 0 saturated heterocycles. The highest BCUT2D eigenvalue weighted by Gasteiger charge is 2.23. The molecule has 2 aromatic carbocycles. The second kappa shape index (κ2) is 10.5. The van der Waals surface area contributed by atoms with Gasteiger partial charge >= 0.3 is 0 Å². The van der Waals surface area contributed by atoms with E-state index in [0.29, 0.717) is 17.2 Å². The summed E-state index contributed by atoms with van der Waals surface area (Å²) in [4.78, 5) is 12.6. The Kier molecular flexibility index (Phi) is 7.94. The molecule has 0 radical (unpaired) electrons. The van der Waals surface area contributed by atoms with Gasteiger partial charge < -0.3 is 9.30 Å². The van der Waals surface area contributed by atoms with Crippen LogP contribution in [0.3, 0.4) is 0 Å². The van der Waals surface area contributed by atoms with E-state index in [1.807, 2.05) is 49.4 Å². The highest BCUT2D eigenvalue weighted by Crippen LogP contribution is 2.32. The lowest BCUT2D eigenvalue weighted by molar-refractivity contribution is 0.102. The molecule has 0 fully saturated rings. The third-order valence-electron chi connectivity index (χ3n) is 4.91. The van der Waals surface area contributed by atoms with E-state index in [1.165, 1.54) is 17.3 Å². The number of rotatable bonds is 9. The molecule has 3 aromatic rings. The molecule has 1 unspecified atom stereocenters. The summed E-state index contributed by atoms with van der Waals surface area (Å²) in [5.74, 6) is 2.35. The van der Waals surface area contributed by atoms with Crippen LogP contribution in [0.4, 0.5) is 0 Å². The summed E-state index contributed by atoms with van der Waals surface area (Å²) < 4.78 is 9.31. The van der Waals surface area contributed by atoms with Gasteiger partial charge in [0.2, 0.25) is 0 Å². The van der Waals surface area contributed by atoms with Gasteiger partial charge in [-0.25, -0.2) is 0 Å². The van der Waals surface area contributed by atoms with Crippen LogP contribution in [-0.2, 0) is 0 Å². The summed E-state index contributed by atoms with van der Waals surface area (Å²) in [5.41, 5.74) is 1.85. The maximum Gasteiger partial charge on any atom is 0.192 e. The average molecular weight is 502 g/mol. The second-order valence-corrected chi connectivity index (χ2v) is 9.83. The zero-order chi connectivity index (χ0) is 22.5. The van der Waals surface area contributed by atoms with Crippen molar-refractivity contribution in [3.8, 4) is 5.75 Å². The van der Waals surface area contributed by atoms with Crippen LogP contribution in [0, 0.1) is 0 Å². The van der Waals surface area contributed by atoms with Crippen LogP contribution in [0.15, 0.2) is 58.2 Å². The Labute approximate surface area is 196 Å². The van der Waals surface area contributed by atoms with E-state index in [1.54, 1.807) is 0 Å². The lowest BCUT2D eigenvalue weighted by Crippen LogP contribution is -2.15. The highest BCUT2D eigenvalue weighted by atomic mass is 79.9. The molecule has 1 aromatic heterocycles. The van der Waals surface area contributed by atoms with Crippen molar-refractivity contribution in [2.75, 3.05) is 5.75 Å². The summed E-state index contributed by atoms with van der Waals surface area (Å²) >= 11 is 4.81. The Balaban J connectivity index is 1.77. The van der Waals surface area contributed by atoms with E-state index in [0.717, 1.165) is 21.2 Å². The standard InChI is InChI=1S/C24H28BrN3O2S/c1-15(2)20-8-6-7-9-22(20)30-17(5)23-26-27-24(28(23)16(3)4)31-14-21(29)18-10-12-19(25)13-11-18/h6-13,15-17H,14H2,1-5H3. The van der Waals surface area contributed by atoms with Crippen molar-refractivity contribution >= 4 is 33.5 Å². The van der Waals surface area contributed by atoms with E-state index < -0.39 is 0 Å². The first kappa shape index (κ1) is 23.5. The average Bonchev–Trinajstić information content (AvgIpc) is 3.17. The first-order valence-corrected chi connectivity index (χ1v) is 12.2. The number of hydrogen-bond acceptors (Lipinski definition) is 5. The fourth-order valence-corrected chi connectivity index (χ4v) is 4.54. The summed E-state index contributed by atoms with van der Waals surface area (Å²) in [6, 6.07) is 15.6. The van der Waals surface area contributed by atoms with Gasteiger partial charge in [0.1, 0.15) is 5.75 Å². The van der Waals surface area contributed by atoms with Crippen molar-refractivity contribution in [2.45, 2.75) is 57.8 Å². The lowest BCUT2D eigenvalue weighted by atomic mass is 10.0. The number of para-hydroxylation sites is 1. The van der Waals surface area contributed by atoms with Gasteiger partial charge in [-0.05, 0) is 50.5 Å². The van der Waals surface area contributed by atoms with Crippen LogP contribution in [0.25, 0.3) is 0 Å². The number of ketones is 1. The van der Waals surface area contributed by atoms with Crippen LogP contribution < -0.4 is 4.74 Å². The van der Waals surface area contributed by atoms with Gasteiger partial charge in [-0.3, -0.25) is 4.79 Å². The summed E-state index contributed by atoms with van der Waals surface area (Å²) in [6.07, 6.45) is -0.272. The highest BCUT2D eigenvalue weighted by molar-refractivity contribution is 9.10. The fourth-order valence-electron chi connectivity index (χ4n) is 3.31. The van der Waals surface area contributed by atoms with Gasteiger partial charge in [-0.2, -0.15) is 0 Å². The number of Topliss-reactive ketones (excluding diaryl/α,β-unsaturated/α-hetero) is 1. The molecule has 1 heterocycles. The van der Waals surface area contributed by atoms with E-state index in [2.05, 4.69) is 64.5 Å². The van der Waals surface area contributed by atoms with E-state index in [9.17, 15) is 4.79 Å². The summed E-state index contributed by atoms with van der Waals surface area (Å²) in [6.45, 7) is 10.5. The van der Waals surface area contributed by atoms with Gasteiger partial charge in [0.05, 0.1) is 5.75 Å². The van der Waals surface area contributed by atoms with Crippen molar-refractivity contribution in [2.24, 2.45) is 0 Å². The molecule has 0 bridgehead atoms. The maximum absolute atomic E-state index is 12.6. The first-order chi connectivity index (χ1) is 14.8. The third-order valence-corrected chi connectivity index (χ3v) is 6.39. The molecule has 5 nitrogen and oxygen atoms in total. The predicted octanol–water partition coefficient (Wildman–Crippen LogP) is 6.86. The molecule has 0 aliphatic heterocycles.